The number of hydrogen-bond acceptors (Lipinski definition) is 6. The Morgan fingerprint density at radius 3 is 2.38 bits per heavy atom. The topological polar surface area (TPSA) is 75.6 Å². The maximum absolute atomic E-state index is 11.6. The number of nitrogens with zero attached hydrogens (tertiary/aromatic N) is 4. The molecule has 128 valence electrons. The molecule has 2 heterocycles. The quantitative estimate of drug-likeness (QED) is 0.827. The Bertz CT molecular complexity index is 800. The molecule has 2 aromatic rings. The van der Waals surface area contributed by atoms with Crippen molar-refractivity contribution in [1.29, 1.82) is 0 Å². The second-order valence-electron chi connectivity index (χ2n) is 5.66. The minimum atomic E-state index is -3.12. The summed E-state index contributed by atoms with van der Waals surface area (Å²) >= 11 is 0. The van der Waals surface area contributed by atoms with E-state index in [9.17, 15) is 8.42 Å². The average Bonchev–Trinajstić information content (AvgIpc) is 2.61. The van der Waals surface area contributed by atoms with E-state index >= 15 is 0 Å². The van der Waals surface area contributed by atoms with Crippen LogP contribution in [-0.2, 0) is 10.0 Å². The van der Waals surface area contributed by atoms with Crippen LogP contribution in [0.2, 0.25) is 0 Å². The average molecular weight is 348 g/mol. The fourth-order valence-electron chi connectivity index (χ4n) is 2.68. The lowest BCUT2D eigenvalue weighted by Crippen LogP contribution is -2.48. The van der Waals surface area contributed by atoms with E-state index in [0.717, 1.165) is 22.8 Å². The van der Waals surface area contributed by atoms with Gasteiger partial charge in [0.1, 0.15) is 5.75 Å². The molecular formula is C16H20N4O3S. The number of piperazine rings is 1. The molecule has 1 fully saturated rings. The number of rotatable bonds is 4. The normalized spacial score (nSPS) is 16.2. The van der Waals surface area contributed by atoms with Crippen LogP contribution < -0.4 is 9.64 Å². The fourth-order valence-corrected chi connectivity index (χ4v) is 3.51. The van der Waals surface area contributed by atoms with Crippen LogP contribution in [0.1, 0.15) is 0 Å². The van der Waals surface area contributed by atoms with Crippen LogP contribution in [0.5, 0.6) is 5.75 Å². The Hall–Kier alpha value is -2.19. The molecule has 0 unspecified atom stereocenters. The highest BCUT2D eigenvalue weighted by Gasteiger charge is 2.24. The Balaban J connectivity index is 1.71. The van der Waals surface area contributed by atoms with Crippen LogP contribution in [0.4, 0.5) is 5.82 Å². The second-order valence-corrected chi connectivity index (χ2v) is 7.64. The first-order valence-corrected chi connectivity index (χ1v) is 9.50. The first-order chi connectivity index (χ1) is 11.5. The van der Waals surface area contributed by atoms with Crippen molar-refractivity contribution in [2.24, 2.45) is 0 Å². The number of anilines is 1. The molecule has 0 aliphatic carbocycles. The predicted octanol–water partition coefficient (Wildman–Crippen LogP) is 1.23. The molecule has 0 saturated carbocycles. The van der Waals surface area contributed by atoms with Gasteiger partial charge in [-0.1, -0.05) is 12.1 Å². The molecule has 0 spiro atoms. The monoisotopic (exact) mass is 348 g/mol. The van der Waals surface area contributed by atoms with Crippen molar-refractivity contribution in [2.75, 3.05) is 44.4 Å². The van der Waals surface area contributed by atoms with E-state index in [0.29, 0.717) is 26.2 Å². The summed E-state index contributed by atoms with van der Waals surface area (Å²) in [5.74, 6) is 1.53. The lowest BCUT2D eigenvalue weighted by atomic mass is 10.1. The van der Waals surface area contributed by atoms with Gasteiger partial charge in [-0.25, -0.2) is 8.42 Å². The van der Waals surface area contributed by atoms with Crippen molar-refractivity contribution in [3.8, 4) is 17.0 Å². The molecule has 1 aliphatic rings. The molecule has 1 aliphatic heterocycles. The minimum Gasteiger partial charge on any atom is -0.497 e. The molecule has 3 rings (SSSR count). The number of benzene rings is 1. The van der Waals surface area contributed by atoms with Gasteiger partial charge in [-0.3, -0.25) is 0 Å². The van der Waals surface area contributed by atoms with Gasteiger partial charge in [-0.15, -0.1) is 10.2 Å². The highest BCUT2D eigenvalue weighted by molar-refractivity contribution is 7.88. The molecule has 1 saturated heterocycles. The van der Waals surface area contributed by atoms with Crippen molar-refractivity contribution < 1.29 is 13.2 Å². The molecule has 0 radical (unpaired) electrons. The van der Waals surface area contributed by atoms with Crippen LogP contribution in [0.15, 0.2) is 36.4 Å². The van der Waals surface area contributed by atoms with E-state index in [-0.39, 0.29) is 0 Å². The first kappa shape index (κ1) is 16.7. The number of methoxy groups -OCH3 is 1. The van der Waals surface area contributed by atoms with Gasteiger partial charge in [0, 0.05) is 31.7 Å². The standard InChI is InChI=1S/C16H20N4O3S/c1-23-14-5-3-4-13(12-14)15-6-7-16(18-17-15)19-8-10-20(11-9-19)24(2,21)22/h3-7,12H,8-11H2,1-2H3. The Kier molecular flexibility index (Phi) is 4.68. The van der Waals surface area contributed by atoms with Gasteiger partial charge in [-0.2, -0.15) is 4.31 Å². The molecule has 0 atom stereocenters. The van der Waals surface area contributed by atoms with Crippen molar-refractivity contribution >= 4 is 15.8 Å². The van der Waals surface area contributed by atoms with E-state index in [4.69, 9.17) is 4.74 Å². The number of sulfonamides is 1. The first-order valence-electron chi connectivity index (χ1n) is 7.65. The lowest BCUT2D eigenvalue weighted by molar-refractivity contribution is 0.386. The van der Waals surface area contributed by atoms with Gasteiger partial charge < -0.3 is 9.64 Å². The smallest absolute Gasteiger partial charge is 0.211 e. The summed E-state index contributed by atoms with van der Waals surface area (Å²) in [7, 11) is -1.49. The van der Waals surface area contributed by atoms with E-state index < -0.39 is 10.0 Å². The summed E-state index contributed by atoms with van der Waals surface area (Å²) in [6, 6.07) is 11.5. The van der Waals surface area contributed by atoms with Crippen molar-refractivity contribution in [3.63, 3.8) is 0 Å². The zero-order valence-corrected chi connectivity index (χ0v) is 14.5. The minimum absolute atomic E-state index is 0.470. The number of ether oxygens (including phenoxy) is 1. The van der Waals surface area contributed by atoms with Gasteiger partial charge in [0.25, 0.3) is 0 Å². The maximum atomic E-state index is 11.6. The van der Waals surface area contributed by atoms with Crippen LogP contribution in [0, 0.1) is 0 Å². The summed E-state index contributed by atoms with van der Waals surface area (Å²) < 4.78 is 29.8. The number of aromatic nitrogens is 2. The summed E-state index contributed by atoms with van der Waals surface area (Å²) in [5, 5.41) is 8.58. The molecule has 0 N–H and O–H groups in total. The van der Waals surface area contributed by atoms with Crippen LogP contribution in [0.25, 0.3) is 11.3 Å². The third-order valence-electron chi connectivity index (χ3n) is 4.05. The zero-order valence-electron chi connectivity index (χ0n) is 13.7. The zero-order chi connectivity index (χ0) is 17.2. The van der Waals surface area contributed by atoms with Gasteiger partial charge in [0.05, 0.1) is 19.1 Å². The van der Waals surface area contributed by atoms with Crippen LogP contribution in [-0.4, -0.2) is 62.5 Å². The Morgan fingerprint density at radius 2 is 1.79 bits per heavy atom. The van der Waals surface area contributed by atoms with Crippen LogP contribution >= 0.6 is 0 Å². The van der Waals surface area contributed by atoms with E-state index in [2.05, 4.69) is 10.2 Å². The summed E-state index contributed by atoms with van der Waals surface area (Å²) in [4.78, 5) is 2.05. The second kappa shape index (κ2) is 6.74. The lowest BCUT2D eigenvalue weighted by Gasteiger charge is -2.33. The largest absolute Gasteiger partial charge is 0.497 e. The molecule has 1 aromatic carbocycles. The van der Waals surface area contributed by atoms with Gasteiger partial charge in [0.15, 0.2) is 5.82 Å². The van der Waals surface area contributed by atoms with Gasteiger partial charge >= 0.3 is 0 Å². The summed E-state index contributed by atoms with van der Waals surface area (Å²) in [6.07, 6.45) is 1.24. The highest BCUT2D eigenvalue weighted by atomic mass is 32.2. The third-order valence-corrected chi connectivity index (χ3v) is 5.35. The molecule has 0 amide bonds. The molecule has 7 nitrogen and oxygen atoms in total. The fraction of sp³-hybridized carbons (Fsp3) is 0.375. The van der Waals surface area contributed by atoms with E-state index in [1.807, 2.05) is 41.3 Å². The predicted molar refractivity (Wildman–Crippen MR) is 92.6 cm³/mol. The van der Waals surface area contributed by atoms with Gasteiger partial charge in [0.2, 0.25) is 10.0 Å². The summed E-state index contributed by atoms with van der Waals surface area (Å²) in [6.45, 7) is 2.16. The van der Waals surface area contributed by atoms with Gasteiger partial charge in [-0.05, 0) is 24.3 Å². The highest BCUT2D eigenvalue weighted by Crippen LogP contribution is 2.23. The molecule has 1 aromatic heterocycles. The number of hydrogen-bond donors (Lipinski definition) is 0. The maximum Gasteiger partial charge on any atom is 0.211 e. The SMILES string of the molecule is COc1cccc(-c2ccc(N3CCN(S(C)(=O)=O)CC3)nn2)c1. The molecular weight excluding hydrogens is 328 g/mol. The molecule has 8 heteroatoms. The van der Waals surface area contributed by atoms with Crippen LogP contribution in [0.3, 0.4) is 0 Å². The summed E-state index contributed by atoms with van der Waals surface area (Å²) in [5.41, 5.74) is 1.71. The Labute approximate surface area is 141 Å². The molecule has 0 bridgehead atoms. The molecule has 24 heavy (non-hydrogen) atoms. The van der Waals surface area contributed by atoms with E-state index in [1.54, 1.807) is 7.11 Å². The van der Waals surface area contributed by atoms with Crippen molar-refractivity contribution in [3.05, 3.63) is 36.4 Å². The Morgan fingerprint density at radius 1 is 1.04 bits per heavy atom. The van der Waals surface area contributed by atoms with Crippen molar-refractivity contribution in [2.45, 2.75) is 0 Å². The third kappa shape index (κ3) is 3.65. The van der Waals surface area contributed by atoms with Crippen molar-refractivity contribution in [1.82, 2.24) is 14.5 Å². The van der Waals surface area contributed by atoms with E-state index in [1.165, 1.54) is 10.6 Å².